The summed E-state index contributed by atoms with van der Waals surface area (Å²) in [6.45, 7) is 0.0137. The molecule has 0 saturated heterocycles. The van der Waals surface area contributed by atoms with Gasteiger partial charge in [-0.2, -0.15) is 0 Å². The molecule has 0 aliphatic rings. The lowest BCUT2D eigenvalue weighted by atomic mass is 10.1. The van der Waals surface area contributed by atoms with Crippen LogP contribution in [0.15, 0.2) is 67.0 Å². The molecule has 0 spiro atoms. The molecular formula is C20H16N2O2. The Morgan fingerprint density at radius 1 is 1.12 bits per heavy atom. The molecule has 0 N–H and O–H groups in total. The molecule has 0 amide bonds. The topological polar surface area (TPSA) is 44.1 Å². The number of hydrogen-bond donors (Lipinski definition) is 0. The predicted octanol–water partition coefficient (Wildman–Crippen LogP) is 3.99. The Bertz CT molecular complexity index is 1050. The highest BCUT2D eigenvalue weighted by Gasteiger charge is 2.14. The molecule has 24 heavy (non-hydrogen) atoms. The maximum atomic E-state index is 12.6. The van der Waals surface area contributed by atoms with Crippen LogP contribution in [0.3, 0.4) is 0 Å². The fourth-order valence-electron chi connectivity index (χ4n) is 2.93. The minimum absolute atomic E-state index is 0.0137. The largest absolute Gasteiger partial charge is 0.485 e. The van der Waals surface area contributed by atoms with Crippen LogP contribution in [0.25, 0.3) is 21.8 Å². The first-order valence-electron chi connectivity index (χ1n) is 7.77. The van der Waals surface area contributed by atoms with Crippen molar-refractivity contribution in [1.82, 2.24) is 9.55 Å². The van der Waals surface area contributed by atoms with Crippen molar-refractivity contribution in [1.29, 1.82) is 0 Å². The van der Waals surface area contributed by atoms with Crippen molar-refractivity contribution in [2.45, 2.75) is 0 Å². The number of aryl methyl sites for hydroxylation is 1. The van der Waals surface area contributed by atoms with Crippen LogP contribution in [-0.4, -0.2) is 21.9 Å². The van der Waals surface area contributed by atoms with Crippen molar-refractivity contribution in [2.75, 3.05) is 6.61 Å². The van der Waals surface area contributed by atoms with E-state index in [2.05, 4.69) is 4.98 Å². The molecule has 0 radical (unpaired) electrons. The smallest absolute Gasteiger partial charge is 0.202 e. The summed E-state index contributed by atoms with van der Waals surface area (Å²) in [4.78, 5) is 16.8. The van der Waals surface area contributed by atoms with Gasteiger partial charge in [0, 0.05) is 41.3 Å². The molecule has 0 aliphatic heterocycles. The predicted molar refractivity (Wildman–Crippen MR) is 94.5 cm³/mol. The number of Topliss-reactive ketones (excluding diaryl/α,β-unsaturated/α-hetero) is 1. The number of benzene rings is 2. The van der Waals surface area contributed by atoms with E-state index in [9.17, 15) is 4.79 Å². The van der Waals surface area contributed by atoms with Gasteiger partial charge < -0.3 is 9.30 Å². The Kier molecular flexibility index (Phi) is 3.50. The van der Waals surface area contributed by atoms with Crippen molar-refractivity contribution in [2.24, 2.45) is 7.05 Å². The molecule has 4 rings (SSSR count). The number of ether oxygens (including phenoxy) is 1. The van der Waals surface area contributed by atoms with E-state index < -0.39 is 0 Å². The van der Waals surface area contributed by atoms with Crippen LogP contribution in [0.4, 0.5) is 0 Å². The third-order valence-corrected chi connectivity index (χ3v) is 4.14. The van der Waals surface area contributed by atoms with E-state index in [-0.39, 0.29) is 12.4 Å². The first-order chi connectivity index (χ1) is 11.7. The van der Waals surface area contributed by atoms with Gasteiger partial charge >= 0.3 is 0 Å². The molecule has 0 saturated carbocycles. The Morgan fingerprint density at radius 2 is 2.00 bits per heavy atom. The van der Waals surface area contributed by atoms with E-state index in [0.29, 0.717) is 11.3 Å². The number of ketones is 1. The van der Waals surface area contributed by atoms with Crippen LogP contribution in [0.5, 0.6) is 5.75 Å². The molecule has 0 aliphatic carbocycles. The zero-order valence-corrected chi connectivity index (χ0v) is 13.3. The first kappa shape index (κ1) is 14.5. The molecular weight excluding hydrogens is 300 g/mol. The van der Waals surface area contributed by atoms with Crippen LogP contribution in [0.2, 0.25) is 0 Å². The lowest BCUT2D eigenvalue weighted by Crippen LogP contribution is -2.11. The number of rotatable bonds is 4. The normalized spacial score (nSPS) is 11.0. The van der Waals surface area contributed by atoms with Crippen LogP contribution < -0.4 is 4.74 Å². The van der Waals surface area contributed by atoms with E-state index in [1.165, 1.54) is 0 Å². The van der Waals surface area contributed by atoms with Crippen molar-refractivity contribution >= 4 is 27.6 Å². The van der Waals surface area contributed by atoms with Gasteiger partial charge in [-0.05, 0) is 30.3 Å². The summed E-state index contributed by atoms with van der Waals surface area (Å²) < 4.78 is 7.66. The number of carbonyl (C=O) groups is 1. The third-order valence-electron chi connectivity index (χ3n) is 4.14. The molecule has 0 fully saturated rings. The SMILES string of the molecule is Cn1cc(C(=O)COc2ccc3ncccc3c2)c2ccccc21. The fraction of sp³-hybridized carbons (Fsp3) is 0.100. The van der Waals surface area contributed by atoms with E-state index >= 15 is 0 Å². The average molecular weight is 316 g/mol. The summed E-state index contributed by atoms with van der Waals surface area (Å²) in [6.07, 6.45) is 3.62. The van der Waals surface area contributed by atoms with Crippen molar-refractivity contribution in [3.63, 3.8) is 0 Å². The van der Waals surface area contributed by atoms with Gasteiger partial charge in [0.2, 0.25) is 5.78 Å². The van der Waals surface area contributed by atoms with Crippen molar-refractivity contribution < 1.29 is 9.53 Å². The first-order valence-corrected chi connectivity index (χ1v) is 7.77. The number of nitrogens with zero attached hydrogens (tertiary/aromatic N) is 2. The molecule has 0 atom stereocenters. The minimum atomic E-state index is -0.0296. The summed E-state index contributed by atoms with van der Waals surface area (Å²) >= 11 is 0. The molecule has 2 aromatic heterocycles. The number of aromatic nitrogens is 2. The van der Waals surface area contributed by atoms with Crippen LogP contribution in [0.1, 0.15) is 10.4 Å². The van der Waals surface area contributed by atoms with Crippen LogP contribution in [0, 0.1) is 0 Å². The second-order valence-electron chi connectivity index (χ2n) is 5.74. The molecule has 118 valence electrons. The zero-order chi connectivity index (χ0) is 16.5. The third kappa shape index (κ3) is 2.52. The highest BCUT2D eigenvalue weighted by Crippen LogP contribution is 2.22. The Labute approximate surface area is 139 Å². The van der Waals surface area contributed by atoms with Gasteiger partial charge in [0.05, 0.1) is 5.52 Å². The van der Waals surface area contributed by atoms with Crippen LogP contribution in [-0.2, 0) is 7.05 Å². The molecule has 4 nitrogen and oxygen atoms in total. The summed E-state index contributed by atoms with van der Waals surface area (Å²) in [6, 6.07) is 17.4. The van der Waals surface area contributed by atoms with E-state index in [1.807, 2.05) is 72.4 Å². The summed E-state index contributed by atoms with van der Waals surface area (Å²) in [5, 5.41) is 1.95. The number of hydrogen-bond acceptors (Lipinski definition) is 3. The van der Waals surface area contributed by atoms with E-state index in [4.69, 9.17) is 4.74 Å². The average Bonchev–Trinajstić information content (AvgIpc) is 2.97. The number of pyridine rings is 1. The van der Waals surface area contributed by atoms with Crippen LogP contribution >= 0.6 is 0 Å². The van der Waals surface area contributed by atoms with Gasteiger partial charge in [0.15, 0.2) is 6.61 Å². The highest BCUT2D eigenvalue weighted by molar-refractivity contribution is 6.08. The lowest BCUT2D eigenvalue weighted by Gasteiger charge is -2.06. The monoisotopic (exact) mass is 316 g/mol. The molecule has 0 unspecified atom stereocenters. The Hall–Kier alpha value is -3.14. The summed E-state index contributed by atoms with van der Waals surface area (Å²) in [5.41, 5.74) is 2.64. The molecule has 2 aromatic carbocycles. The van der Waals surface area contributed by atoms with Gasteiger partial charge in [0.25, 0.3) is 0 Å². The maximum Gasteiger partial charge on any atom is 0.202 e. The van der Waals surface area contributed by atoms with Crippen molar-refractivity contribution in [3.05, 3.63) is 72.6 Å². The molecule has 4 heteroatoms. The Morgan fingerprint density at radius 3 is 2.92 bits per heavy atom. The zero-order valence-electron chi connectivity index (χ0n) is 13.3. The number of carbonyl (C=O) groups excluding carboxylic acids is 1. The summed E-state index contributed by atoms with van der Waals surface area (Å²) in [7, 11) is 1.94. The van der Waals surface area contributed by atoms with E-state index in [0.717, 1.165) is 21.8 Å². The quantitative estimate of drug-likeness (QED) is 0.535. The van der Waals surface area contributed by atoms with Gasteiger partial charge in [-0.25, -0.2) is 0 Å². The minimum Gasteiger partial charge on any atom is -0.485 e. The molecule has 2 heterocycles. The maximum absolute atomic E-state index is 12.6. The standard InChI is InChI=1S/C20H16N2O2/c1-22-12-17(16-6-2-3-7-19(16)22)20(23)13-24-15-8-9-18-14(11-15)5-4-10-21-18/h2-12H,13H2,1H3. The lowest BCUT2D eigenvalue weighted by molar-refractivity contribution is 0.0923. The van der Waals surface area contributed by atoms with Crippen molar-refractivity contribution in [3.8, 4) is 5.75 Å². The van der Waals surface area contributed by atoms with Gasteiger partial charge in [-0.1, -0.05) is 24.3 Å². The van der Waals surface area contributed by atoms with E-state index in [1.54, 1.807) is 6.20 Å². The number of fused-ring (bicyclic) bond motifs is 2. The van der Waals surface area contributed by atoms with Gasteiger partial charge in [0.1, 0.15) is 5.75 Å². The molecule has 4 aromatic rings. The number of para-hydroxylation sites is 1. The summed E-state index contributed by atoms with van der Waals surface area (Å²) in [5.74, 6) is 0.641. The van der Waals surface area contributed by atoms with Gasteiger partial charge in [-0.3, -0.25) is 9.78 Å². The fourth-order valence-corrected chi connectivity index (χ4v) is 2.93. The Balaban J connectivity index is 1.57. The highest BCUT2D eigenvalue weighted by atomic mass is 16.5. The van der Waals surface area contributed by atoms with Gasteiger partial charge in [-0.15, -0.1) is 0 Å². The second kappa shape index (κ2) is 5.81. The molecule has 0 bridgehead atoms. The second-order valence-corrected chi connectivity index (χ2v) is 5.74.